The van der Waals surface area contributed by atoms with E-state index in [2.05, 4.69) is 20.9 Å². The molecule has 0 bridgehead atoms. The molecule has 0 radical (unpaired) electrons. The maximum atomic E-state index is 13.9. The van der Waals surface area contributed by atoms with E-state index in [9.17, 15) is 29.1 Å². The number of nitrogens with two attached hydrogens (primary N) is 1. The first-order valence-electron chi connectivity index (χ1n) is 23.0. The molecule has 370 valence electrons. The number of rotatable bonds is 26. The Kier molecular flexibility index (Phi) is 21.6. The van der Waals surface area contributed by atoms with Crippen molar-refractivity contribution < 1.29 is 52.8 Å². The van der Waals surface area contributed by atoms with E-state index in [4.69, 9.17) is 29.4 Å². The second-order valence-corrected chi connectivity index (χ2v) is 19.8. The molecule has 1 aliphatic rings. The van der Waals surface area contributed by atoms with Crippen molar-refractivity contribution in [2.24, 2.45) is 11.1 Å². The van der Waals surface area contributed by atoms with Crippen molar-refractivity contribution in [3.63, 3.8) is 0 Å². The van der Waals surface area contributed by atoms with E-state index in [1.807, 2.05) is 88.7 Å². The van der Waals surface area contributed by atoms with Crippen LogP contribution in [0.2, 0.25) is 0 Å². The van der Waals surface area contributed by atoms with Gasteiger partial charge in [-0.15, -0.1) is 11.3 Å². The van der Waals surface area contributed by atoms with Crippen LogP contribution >= 0.6 is 11.3 Å². The van der Waals surface area contributed by atoms with E-state index in [1.54, 1.807) is 32.1 Å². The van der Waals surface area contributed by atoms with Gasteiger partial charge in [-0.2, -0.15) is 0 Å². The smallest absolute Gasteiger partial charge is 0.407 e. The summed E-state index contributed by atoms with van der Waals surface area (Å²) in [6, 6.07) is 13.6. The fourth-order valence-corrected chi connectivity index (χ4v) is 8.10. The van der Waals surface area contributed by atoms with Gasteiger partial charge in [0.2, 0.25) is 23.6 Å². The number of β-amino-alcohol motifs (C(OH)–C–C–N with tert-alkyl or cyclic N) is 1. The Morgan fingerprint density at radius 3 is 2.12 bits per heavy atom. The third-order valence-electron chi connectivity index (χ3n) is 10.9. The summed E-state index contributed by atoms with van der Waals surface area (Å²) in [5.74, 6) is -1.76. The molecule has 18 heteroatoms. The molecule has 0 saturated carbocycles. The molecule has 1 fully saturated rings. The summed E-state index contributed by atoms with van der Waals surface area (Å²) in [7, 11) is 0. The Morgan fingerprint density at radius 1 is 0.881 bits per heavy atom. The summed E-state index contributed by atoms with van der Waals surface area (Å²) in [5, 5.41) is 19.1. The minimum absolute atomic E-state index is 0.0188. The number of aryl methyl sites for hydroxylation is 2. The number of carbonyl (C=O) groups excluding carboxylic acids is 5. The van der Waals surface area contributed by atoms with Gasteiger partial charge in [-0.05, 0) is 81.5 Å². The number of aliphatic hydroxyl groups is 1. The molecule has 0 spiro atoms. The van der Waals surface area contributed by atoms with Gasteiger partial charge < -0.3 is 55.4 Å². The fraction of sp³-hybridized carbons (Fsp3) is 0.592. The van der Waals surface area contributed by atoms with Gasteiger partial charge in [-0.1, -0.05) is 69.3 Å². The lowest BCUT2D eigenvalue weighted by Crippen LogP contribution is -2.58. The maximum absolute atomic E-state index is 13.9. The van der Waals surface area contributed by atoms with Gasteiger partial charge in [-0.3, -0.25) is 19.2 Å². The lowest BCUT2D eigenvalue weighted by Gasteiger charge is -2.35. The van der Waals surface area contributed by atoms with Crippen LogP contribution in [0.4, 0.5) is 4.79 Å². The Balaban J connectivity index is 1.08. The number of nitrogens with one attached hydrogen (secondary N) is 3. The number of thiazole rings is 1. The summed E-state index contributed by atoms with van der Waals surface area (Å²) in [6.07, 6.45) is 0.323. The molecule has 6 N–H and O–H groups in total. The van der Waals surface area contributed by atoms with Crippen molar-refractivity contribution in [1.82, 2.24) is 25.8 Å². The summed E-state index contributed by atoms with van der Waals surface area (Å²) >= 11 is 1.57. The predicted octanol–water partition coefficient (Wildman–Crippen LogP) is 4.97. The second kappa shape index (κ2) is 26.5. The first-order valence-corrected chi connectivity index (χ1v) is 23.8. The molecule has 17 nitrogen and oxygen atoms in total. The van der Waals surface area contributed by atoms with E-state index in [1.165, 1.54) is 4.90 Å². The molecule has 1 aliphatic heterocycles. The zero-order valence-electron chi connectivity index (χ0n) is 40.4. The SMILES string of the molecule is Cc1ncsc1-c1ccc(CNC(=O)[C@@H]2C[C@@H](O)CN2C(=O)C(NC(=O)COCCOCCOCCCc2ccc(COC(C)C(CCC(N)=O)NC(=O)OC(C)(C)C)cc2)C(C)(C)C)cc1. The number of primary amides is 1. The average Bonchev–Trinajstić information content (AvgIpc) is 3.88. The van der Waals surface area contributed by atoms with Gasteiger partial charge in [0.1, 0.15) is 24.3 Å². The van der Waals surface area contributed by atoms with Gasteiger partial charge in [0.15, 0.2) is 0 Å². The molecular weight excluding hydrogens is 881 g/mol. The Labute approximate surface area is 399 Å². The number of nitrogens with zero attached hydrogens (tertiary/aromatic N) is 2. The van der Waals surface area contributed by atoms with E-state index >= 15 is 0 Å². The Bertz CT molecular complexity index is 2030. The number of amides is 5. The van der Waals surface area contributed by atoms with E-state index in [-0.39, 0.29) is 51.7 Å². The van der Waals surface area contributed by atoms with Gasteiger partial charge in [0.25, 0.3) is 0 Å². The van der Waals surface area contributed by atoms with Crippen molar-refractivity contribution >= 4 is 41.1 Å². The van der Waals surface area contributed by atoms with Crippen LogP contribution in [0.1, 0.15) is 96.5 Å². The number of likely N-dealkylation sites (tertiary alicyclic amines) is 1. The van der Waals surface area contributed by atoms with E-state index in [0.29, 0.717) is 32.8 Å². The van der Waals surface area contributed by atoms with Crippen molar-refractivity contribution in [1.29, 1.82) is 0 Å². The van der Waals surface area contributed by atoms with Crippen LogP contribution in [-0.2, 0) is 62.4 Å². The standard InChI is InChI=1S/C49H72N6O11S/c1-32-43(67-31-52-32)37-17-15-35(16-18-37)27-51-45(59)40-26-38(56)28-55(40)46(60)44(48(3,4)5)54-42(58)30-64-25-24-63-23-22-62-21-9-10-34-11-13-36(14-12-34)29-65-33(2)39(19-20-41(50)57)53-47(61)66-49(6,7)8/h11-18,31,33,38-40,44,56H,9-10,19-30H2,1-8H3,(H2,50,57)(H,51,59)(H,53,61)(H,54,58)/t33?,38-,39?,40+,44?/m1/s1. The quantitative estimate of drug-likeness (QED) is 0.0672. The van der Waals surface area contributed by atoms with Crippen LogP contribution < -0.4 is 21.7 Å². The Hall–Kier alpha value is -4.98. The van der Waals surface area contributed by atoms with Crippen molar-refractivity contribution in [2.45, 2.75) is 137 Å². The molecule has 3 aromatic rings. The maximum Gasteiger partial charge on any atom is 0.407 e. The summed E-state index contributed by atoms with van der Waals surface area (Å²) in [6.45, 7) is 16.6. The zero-order chi connectivity index (χ0) is 49.1. The molecule has 67 heavy (non-hydrogen) atoms. The van der Waals surface area contributed by atoms with Crippen molar-refractivity contribution in [3.8, 4) is 10.4 Å². The number of carbonyl (C=O) groups is 5. The van der Waals surface area contributed by atoms with Crippen LogP contribution in [0.3, 0.4) is 0 Å². The van der Waals surface area contributed by atoms with Crippen molar-refractivity contribution in [3.05, 3.63) is 76.4 Å². The topological polar surface area (TPSA) is 230 Å². The van der Waals surface area contributed by atoms with Gasteiger partial charge >= 0.3 is 6.09 Å². The molecule has 2 heterocycles. The van der Waals surface area contributed by atoms with Crippen LogP contribution in [0.5, 0.6) is 0 Å². The molecule has 3 unspecified atom stereocenters. The number of benzene rings is 2. The molecule has 1 aromatic heterocycles. The average molecular weight is 953 g/mol. The lowest BCUT2D eigenvalue weighted by atomic mass is 9.85. The summed E-state index contributed by atoms with van der Waals surface area (Å²) in [4.78, 5) is 70.8. The summed E-state index contributed by atoms with van der Waals surface area (Å²) in [5.41, 5.74) is 10.8. The van der Waals surface area contributed by atoms with Crippen LogP contribution in [0.15, 0.2) is 54.0 Å². The van der Waals surface area contributed by atoms with Crippen LogP contribution in [-0.4, -0.2) is 127 Å². The number of aliphatic hydroxyl groups excluding tert-OH is 1. The minimum atomic E-state index is -0.966. The molecule has 4 rings (SSSR count). The monoisotopic (exact) mass is 952 g/mol. The first-order chi connectivity index (χ1) is 31.7. The number of ether oxygens (including phenoxy) is 5. The minimum Gasteiger partial charge on any atom is -0.444 e. The molecule has 2 aromatic carbocycles. The number of aromatic nitrogens is 1. The largest absolute Gasteiger partial charge is 0.444 e. The second-order valence-electron chi connectivity index (χ2n) is 18.9. The third kappa shape index (κ3) is 19.3. The highest BCUT2D eigenvalue weighted by atomic mass is 32.1. The van der Waals surface area contributed by atoms with Crippen molar-refractivity contribution in [2.75, 3.05) is 46.2 Å². The predicted molar refractivity (Wildman–Crippen MR) is 255 cm³/mol. The first kappa shape index (κ1) is 54.6. The van der Waals surface area contributed by atoms with E-state index < -0.39 is 65.2 Å². The normalized spacial score (nSPS) is 16.5. The highest BCUT2D eigenvalue weighted by Crippen LogP contribution is 2.28. The molecular formula is C49H72N6O11S. The highest BCUT2D eigenvalue weighted by Gasteiger charge is 2.44. The van der Waals surface area contributed by atoms with Gasteiger partial charge in [0, 0.05) is 32.5 Å². The molecule has 5 atom stereocenters. The third-order valence-corrected chi connectivity index (χ3v) is 11.9. The summed E-state index contributed by atoms with van der Waals surface area (Å²) < 4.78 is 28.3. The Morgan fingerprint density at radius 2 is 1.51 bits per heavy atom. The number of alkyl carbamates (subject to hydrolysis) is 1. The van der Waals surface area contributed by atoms with E-state index in [0.717, 1.165) is 45.7 Å². The highest BCUT2D eigenvalue weighted by molar-refractivity contribution is 7.13. The molecule has 0 aliphatic carbocycles. The molecule has 5 amide bonds. The zero-order valence-corrected chi connectivity index (χ0v) is 41.2. The van der Waals surface area contributed by atoms with Gasteiger partial charge in [0.05, 0.1) is 67.4 Å². The molecule has 1 saturated heterocycles. The van der Waals surface area contributed by atoms with Gasteiger partial charge in [-0.25, -0.2) is 9.78 Å². The lowest BCUT2D eigenvalue weighted by molar-refractivity contribution is -0.144. The number of hydrogen-bond acceptors (Lipinski definition) is 13. The van der Waals surface area contributed by atoms with Crippen LogP contribution in [0.25, 0.3) is 10.4 Å². The number of hydrogen-bond donors (Lipinski definition) is 5. The van der Waals surface area contributed by atoms with Crippen LogP contribution in [0, 0.1) is 12.3 Å². The fourth-order valence-electron chi connectivity index (χ4n) is 7.29.